The summed E-state index contributed by atoms with van der Waals surface area (Å²) >= 11 is 0. The Hall–Kier alpha value is -1.82. The van der Waals surface area contributed by atoms with E-state index in [-0.39, 0.29) is 5.91 Å². The third kappa shape index (κ3) is 4.28. The fourth-order valence-corrected chi connectivity index (χ4v) is 1.47. The maximum atomic E-state index is 11.7. The summed E-state index contributed by atoms with van der Waals surface area (Å²) in [4.78, 5) is 11.7. The van der Waals surface area contributed by atoms with E-state index >= 15 is 0 Å². The highest BCUT2D eigenvalue weighted by Crippen LogP contribution is 2.08. The Balaban J connectivity index is 2.44. The molecule has 0 aliphatic carbocycles. The van der Waals surface area contributed by atoms with Gasteiger partial charge in [-0.3, -0.25) is 4.79 Å². The van der Waals surface area contributed by atoms with Crippen LogP contribution < -0.4 is 5.32 Å². The maximum Gasteiger partial charge on any atom is 0.221 e. The van der Waals surface area contributed by atoms with Gasteiger partial charge in [0.1, 0.15) is 5.54 Å². The fourth-order valence-electron chi connectivity index (χ4n) is 1.47. The SMILES string of the molecule is CC[C@@](C)(C#N)NC(=O)CCc1ccccc1. The van der Waals surface area contributed by atoms with E-state index in [4.69, 9.17) is 5.26 Å². The highest BCUT2D eigenvalue weighted by atomic mass is 16.1. The molecule has 0 bridgehead atoms. The van der Waals surface area contributed by atoms with Crippen LogP contribution in [0, 0.1) is 11.3 Å². The summed E-state index contributed by atoms with van der Waals surface area (Å²) in [6.45, 7) is 3.63. The molecule has 3 nitrogen and oxygen atoms in total. The number of rotatable bonds is 5. The summed E-state index contributed by atoms with van der Waals surface area (Å²) in [5, 5.41) is 11.7. The van der Waals surface area contributed by atoms with Gasteiger partial charge in [0.15, 0.2) is 0 Å². The first kappa shape index (κ1) is 13.2. The van der Waals surface area contributed by atoms with Crippen LogP contribution >= 0.6 is 0 Å². The molecule has 0 heterocycles. The molecule has 0 unspecified atom stereocenters. The van der Waals surface area contributed by atoms with Crippen LogP contribution in [0.1, 0.15) is 32.3 Å². The molecule has 0 fully saturated rings. The Morgan fingerprint density at radius 1 is 1.41 bits per heavy atom. The second-order valence-electron chi connectivity index (χ2n) is 4.33. The second-order valence-corrected chi connectivity index (χ2v) is 4.33. The van der Waals surface area contributed by atoms with Crippen LogP contribution in [0.5, 0.6) is 0 Å². The van der Waals surface area contributed by atoms with Crippen molar-refractivity contribution in [1.29, 1.82) is 5.26 Å². The van der Waals surface area contributed by atoms with Gasteiger partial charge in [-0.05, 0) is 25.3 Å². The van der Waals surface area contributed by atoms with E-state index in [1.807, 2.05) is 37.3 Å². The minimum Gasteiger partial charge on any atom is -0.338 e. The largest absolute Gasteiger partial charge is 0.338 e. The Kier molecular flexibility index (Phi) is 4.71. The minimum atomic E-state index is -0.742. The van der Waals surface area contributed by atoms with Gasteiger partial charge in [-0.25, -0.2) is 0 Å². The summed E-state index contributed by atoms with van der Waals surface area (Å²) in [6.07, 6.45) is 1.74. The van der Waals surface area contributed by atoms with E-state index < -0.39 is 5.54 Å². The number of carbonyl (C=O) groups is 1. The second kappa shape index (κ2) is 6.05. The zero-order valence-electron chi connectivity index (χ0n) is 10.4. The average Bonchev–Trinajstić information content (AvgIpc) is 2.37. The van der Waals surface area contributed by atoms with Crippen molar-refractivity contribution in [3.63, 3.8) is 0 Å². The number of nitriles is 1. The first-order valence-electron chi connectivity index (χ1n) is 5.86. The third-order valence-electron chi connectivity index (χ3n) is 2.85. The normalized spacial score (nSPS) is 13.5. The number of hydrogen-bond acceptors (Lipinski definition) is 2. The molecule has 0 radical (unpaired) electrons. The molecule has 0 aromatic heterocycles. The summed E-state index contributed by atoms with van der Waals surface area (Å²) in [5.41, 5.74) is 0.395. The van der Waals surface area contributed by atoms with Gasteiger partial charge in [-0.15, -0.1) is 0 Å². The van der Waals surface area contributed by atoms with Crippen LogP contribution in [0.15, 0.2) is 30.3 Å². The Morgan fingerprint density at radius 3 is 2.59 bits per heavy atom. The van der Waals surface area contributed by atoms with Gasteiger partial charge in [-0.1, -0.05) is 37.3 Å². The van der Waals surface area contributed by atoms with Gasteiger partial charge < -0.3 is 5.32 Å². The minimum absolute atomic E-state index is 0.0697. The lowest BCUT2D eigenvalue weighted by Crippen LogP contribution is -2.44. The molecular formula is C14H18N2O. The molecule has 1 aromatic rings. The molecular weight excluding hydrogens is 212 g/mol. The molecule has 0 saturated heterocycles. The lowest BCUT2D eigenvalue weighted by atomic mass is 10.0. The molecule has 1 rings (SSSR count). The topological polar surface area (TPSA) is 52.9 Å². The van der Waals surface area contributed by atoms with Gasteiger partial charge in [-0.2, -0.15) is 5.26 Å². The van der Waals surface area contributed by atoms with E-state index in [2.05, 4.69) is 11.4 Å². The van der Waals surface area contributed by atoms with E-state index in [9.17, 15) is 4.79 Å². The lowest BCUT2D eigenvalue weighted by Gasteiger charge is -2.21. The molecule has 17 heavy (non-hydrogen) atoms. The molecule has 0 aliphatic heterocycles. The first-order chi connectivity index (χ1) is 8.09. The van der Waals surface area contributed by atoms with Crippen LogP contribution in [-0.2, 0) is 11.2 Å². The van der Waals surface area contributed by atoms with Crippen molar-refractivity contribution in [2.45, 2.75) is 38.6 Å². The molecule has 1 atom stereocenters. The van der Waals surface area contributed by atoms with Crippen LogP contribution in [0.25, 0.3) is 0 Å². The van der Waals surface area contributed by atoms with E-state index in [1.165, 1.54) is 0 Å². The Labute approximate surface area is 102 Å². The molecule has 0 saturated carbocycles. The highest BCUT2D eigenvalue weighted by Gasteiger charge is 2.22. The summed E-state index contributed by atoms with van der Waals surface area (Å²) in [5.74, 6) is -0.0697. The van der Waals surface area contributed by atoms with Crippen LogP contribution in [0.4, 0.5) is 0 Å². The third-order valence-corrected chi connectivity index (χ3v) is 2.85. The quantitative estimate of drug-likeness (QED) is 0.844. The molecule has 90 valence electrons. The monoisotopic (exact) mass is 230 g/mol. The number of carbonyl (C=O) groups excluding carboxylic acids is 1. The molecule has 1 aromatic carbocycles. The summed E-state index contributed by atoms with van der Waals surface area (Å²) in [6, 6.07) is 12.0. The number of hydrogen-bond donors (Lipinski definition) is 1. The lowest BCUT2D eigenvalue weighted by molar-refractivity contribution is -0.122. The maximum absolute atomic E-state index is 11.7. The zero-order chi connectivity index (χ0) is 12.7. The summed E-state index contributed by atoms with van der Waals surface area (Å²) < 4.78 is 0. The van der Waals surface area contributed by atoms with Crippen molar-refractivity contribution >= 4 is 5.91 Å². The molecule has 0 aliphatic rings. The Bertz CT molecular complexity index is 408. The van der Waals surface area contributed by atoms with Crippen molar-refractivity contribution < 1.29 is 4.79 Å². The molecule has 1 amide bonds. The van der Waals surface area contributed by atoms with Gasteiger partial charge >= 0.3 is 0 Å². The average molecular weight is 230 g/mol. The van der Waals surface area contributed by atoms with Crippen LogP contribution in [0.2, 0.25) is 0 Å². The van der Waals surface area contributed by atoms with Gasteiger partial charge in [0.05, 0.1) is 6.07 Å². The van der Waals surface area contributed by atoms with Crippen molar-refractivity contribution in [2.75, 3.05) is 0 Å². The van der Waals surface area contributed by atoms with Gasteiger partial charge in [0, 0.05) is 6.42 Å². The zero-order valence-corrected chi connectivity index (χ0v) is 10.4. The Morgan fingerprint density at radius 2 is 2.06 bits per heavy atom. The standard InChI is InChI=1S/C14H18N2O/c1-3-14(2,11-15)16-13(17)10-9-12-7-5-4-6-8-12/h4-8H,3,9-10H2,1-2H3,(H,16,17)/t14-/m0/s1. The summed E-state index contributed by atoms with van der Waals surface area (Å²) in [7, 11) is 0. The number of benzene rings is 1. The molecule has 0 spiro atoms. The smallest absolute Gasteiger partial charge is 0.221 e. The molecule has 1 N–H and O–H groups in total. The van der Waals surface area contributed by atoms with Gasteiger partial charge in [0.25, 0.3) is 0 Å². The number of nitrogens with one attached hydrogen (secondary N) is 1. The molecule has 3 heteroatoms. The van der Waals surface area contributed by atoms with Crippen LogP contribution in [-0.4, -0.2) is 11.4 Å². The van der Waals surface area contributed by atoms with Crippen molar-refractivity contribution in [3.8, 4) is 6.07 Å². The number of aryl methyl sites for hydroxylation is 1. The van der Waals surface area contributed by atoms with Crippen molar-refractivity contribution in [1.82, 2.24) is 5.32 Å². The fraction of sp³-hybridized carbons (Fsp3) is 0.429. The first-order valence-corrected chi connectivity index (χ1v) is 5.86. The van der Waals surface area contributed by atoms with Crippen molar-refractivity contribution in [3.05, 3.63) is 35.9 Å². The number of nitrogens with zero attached hydrogens (tertiary/aromatic N) is 1. The van der Waals surface area contributed by atoms with E-state index in [0.717, 1.165) is 5.56 Å². The number of amides is 1. The predicted octanol–water partition coefficient (Wildman–Crippen LogP) is 2.43. The predicted molar refractivity (Wildman–Crippen MR) is 67.2 cm³/mol. The van der Waals surface area contributed by atoms with E-state index in [1.54, 1.807) is 6.92 Å². The van der Waals surface area contributed by atoms with E-state index in [0.29, 0.717) is 19.3 Å². The van der Waals surface area contributed by atoms with Crippen LogP contribution in [0.3, 0.4) is 0 Å². The highest BCUT2D eigenvalue weighted by molar-refractivity contribution is 5.77. The van der Waals surface area contributed by atoms with Crippen molar-refractivity contribution in [2.24, 2.45) is 0 Å². The van der Waals surface area contributed by atoms with Gasteiger partial charge in [0.2, 0.25) is 5.91 Å².